The van der Waals surface area contributed by atoms with Gasteiger partial charge in [-0.3, -0.25) is 4.79 Å². The number of nitrogens with zero attached hydrogens (tertiary/aromatic N) is 1. The van der Waals surface area contributed by atoms with Crippen LogP contribution in [0.1, 0.15) is 21.6 Å². The second-order valence-corrected chi connectivity index (χ2v) is 6.55. The monoisotopic (exact) mass is 393 g/mol. The molecule has 2 N–H and O–H groups in total. The van der Waals surface area contributed by atoms with Gasteiger partial charge < -0.3 is 15.4 Å². The topological polar surface area (TPSA) is 63.2 Å². The number of pyridine rings is 1. The smallest absolute Gasteiger partial charge is 0.269 e. The first-order valence-electron chi connectivity index (χ1n) is 9.50. The van der Waals surface area contributed by atoms with Crippen molar-refractivity contribution in [2.24, 2.45) is 0 Å². The van der Waals surface area contributed by atoms with Gasteiger partial charge in [-0.1, -0.05) is 30.3 Å². The van der Waals surface area contributed by atoms with Gasteiger partial charge in [0.15, 0.2) is 0 Å². The van der Waals surface area contributed by atoms with Crippen LogP contribution in [0.25, 0.3) is 0 Å². The molecule has 5 nitrogen and oxygen atoms in total. The highest BCUT2D eigenvalue weighted by Gasteiger charge is 2.07. The largest absolute Gasteiger partial charge is 0.497 e. The lowest BCUT2D eigenvalue weighted by Crippen LogP contribution is -2.26. The Balaban J connectivity index is 1.42. The van der Waals surface area contributed by atoms with Gasteiger partial charge >= 0.3 is 0 Å². The quantitative estimate of drug-likeness (QED) is 0.580. The maximum Gasteiger partial charge on any atom is 0.269 e. The summed E-state index contributed by atoms with van der Waals surface area (Å²) in [5, 5.41) is 6.06. The van der Waals surface area contributed by atoms with E-state index in [0.29, 0.717) is 30.8 Å². The lowest BCUT2D eigenvalue weighted by atomic mass is 10.1. The van der Waals surface area contributed by atoms with Gasteiger partial charge in [0.25, 0.3) is 5.91 Å². The van der Waals surface area contributed by atoms with Crippen LogP contribution >= 0.6 is 0 Å². The van der Waals surface area contributed by atoms with E-state index >= 15 is 0 Å². The molecule has 150 valence electrons. The molecule has 0 aliphatic heterocycles. The summed E-state index contributed by atoms with van der Waals surface area (Å²) in [5.41, 5.74) is 2.93. The zero-order chi connectivity index (χ0) is 20.5. The van der Waals surface area contributed by atoms with Gasteiger partial charge in [-0.2, -0.15) is 0 Å². The molecule has 2 aromatic carbocycles. The van der Waals surface area contributed by atoms with Crippen LogP contribution in [-0.2, 0) is 12.8 Å². The van der Waals surface area contributed by atoms with Crippen molar-refractivity contribution in [2.45, 2.75) is 12.8 Å². The van der Waals surface area contributed by atoms with Crippen LogP contribution in [0.5, 0.6) is 5.75 Å². The first kappa shape index (κ1) is 20.3. The molecule has 0 atom stereocenters. The summed E-state index contributed by atoms with van der Waals surface area (Å²) < 4.78 is 18.7. The molecular weight excluding hydrogens is 369 g/mol. The molecule has 6 heteroatoms. The van der Waals surface area contributed by atoms with Gasteiger partial charge in [0.2, 0.25) is 0 Å². The van der Waals surface area contributed by atoms with Crippen molar-refractivity contribution in [1.82, 2.24) is 10.3 Å². The third kappa shape index (κ3) is 6.04. The van der Waals surface area contributed by atoms with E-state index in [9.17, 15) is 9.18 Å². The minimum Gasteiger partial charge on any atom is -0.497 e. The number of anilines is 1. The second-order valence-electron chi connectivity index (χ2n) is 6.55. The van der Waals surface area contributed by atoms with E-state index in [1.54, 1.807) is 37.6 Å². The Morgan fingerprint density at radius 2 is 1.79 bits per heavy atom. The molecule has 0 aliphatic carbocycles. The standard InChI is InChI=1S/C23H24FN3O2/c1-29-20-9-6-17(7-10-20)12-14-26-23(28)22-11-8-19(16-27-22)25-15-13-18-4-2-3-5-21(18)24/h2-11,16,25H,12-15H2,1H3,(H,26,28). The summed E-state index contributed by atoms with van der Waals surface area (Å²) in [6, 6.07) is 18.0. The highest BCUT2D eigenvalue weighted by molar-refractivity contribution is 5.92. The van der Waals surface area contributed by atoms with E-state index in [1.807, 2.05) is 30.3 Å². The number of aromatic nitrogens is 1. The number of benzene rings is 2. The molecule has 0 saturated carbocycles. The van der Waals surface area contributed by atoms with Gasteiger partial charge in [0, 0.05) is 13.1 Å². The van der Waals surface area contributed by atoms with Gasteiger partial charge in [0.05, 0.1) is 19.0 Å². The molecule has 29 heavy (non-hydrogen) atoms. The lowest BCUT2D eigenvalue weighted by Gasteiger charge is -2.08. The molecule has 0 radical (unpaired) electrons. The zero-order valence-corrected chi connectivity index (χ0v) is 16.3. The number of nitrogens with one attached hydrogen (secondary N) is 2. The molecule has 0 unspecified atom stereocenters. The average Bonchev–Trinajstić information content (AvgIpc) is 2.76. The summed E-state index contributed by atoms with van der Waals surface area (Å²) in [6.07, 6.45) is 2.91. The Morgan fingerprint density at radius 3 is 2.48 bits per heavy atom. The molecule has 1 amide bonds. The SMILES string of the molecule is COc1ccc(CCNC(=O)c2ccc(NCCc3ccccc3F)cn2)cc1. The first-order chi connectivity index (χ1) is 14.2. The van der Waals surface area contributed by atoms with Crippen molar-refractivity contribution in [1.29, 1.82) is 0 Å². The van der Waals surface area contributed by atoms with E-state index in [1.165, 1.54) is 6.07 Å². The number of carbonyl (C=O) groups is 1. The Labute approximate surface area is 169 Å². The number of carbonyl (C=O) groups excluding carboxylic acids is 1. The number of hydrogen-bond donors (Lipinski definition) is 2. The molecule has 0 saturated heterocycles. The Morgan fingerprint density at radius 1 is 1.00 bits per heavy atom. The van der Waals surface area contributed by atoms with Crippen LogP contribution in [0, 0.1) is 5.82 Å². The van der Waals surface area contributed by atoms with E-state index in [-0.39, 0.29) is 11.7 Å². The van der Waals surface area contributed by atoms with E-state index < -0.39 is 0 Å². The summed E-state index contributed by atoms with van der Waals surface area (Å²) >= 11 is 0. The van der Waals surface area contributed by atoms with E-state index in [4.69, 9.17) is 4.74 Å². The third-order valence-corrected chi connectivity index (χ3v) is 4.54. The Bertz CT molecular complexity index is 928. The number of ether oxygens (including phenoxy) is 1. The Hall–Kier alpha value is -3.41. The minimum absolute atomic E-state index is 0.200. The molecule has 1 aromatic heterocycles. The minimum atomic E-state index is -0.212. The van der Waals surface area contributed by atoms with Crippen LogP contribution in [0.2, 0.25) is 0 Å². The fourth-order valence-electron chi connectivity index (χ4n) is 2.88. The maximum absolute atomic E-state index is 13.6. The lowest BCUT2D eigenvalue weighted by molar-refractivity contribution is 0.0949. The first-order valence-corrected chi connectivity index (χ1v) is 9.50. The van der Waals surface area contributed by atoms with E-state index in [0.717, 1.165) is 23.4 Å². The van der Waals surface area contributed by atoms with E-state index in [2.05, 4.69) is 15.6 Å². The highest BCUT2D eigenvalue weighted by atomic mass is 19.1. The summed E-state index contributed by atoms with van der Waals surface area (Å²) in [5.74, 6) is 0.398. The van der Waals surface area contributed by atoms with Crippen molar-refractivity contribution in [3.8, 4) is 5.75 Å². The van der Waals surface area contributed by atoms with Crippen LogP contribution in [0.3, 0.4) is 0 Å². The van der Waals surface area contributed by atoms with Crippen LogP contribution in [0.15, 0.2) is 66.9 Å². The zero-order valence-electron chi connectivity index (χ0n) is 16.3. The molecule has 0 spiro atoms. The van der Waals surface area contributed by atoms with Gasteiger partial charge in [-0.15, -0.1) is 0 Å². The highest BCUT2D eigenvalue weighted by Crippen LogP contribution is 2.12. The molecule has 0 fully saturated rings. The average molecular weight is 393 g/mol. The number of rotatable bonds is 9. The molecule has 3 aromatic rings. The summed E-state index contributed by atoms with van der Waals surface area (Å²) in [6.45, 7) is 1.10. The number of hydrogen-bond acceptors (Lipinski definition) is 4. The number of methoxy groups -OCH3 is 1. The third-order valence-electron chi connectivity index (χ3n) is 4.54. The Kier molecular flexibility index (Phi) is 7.16. The molecule has 3 rings (SSSR count). The molecular formula is C23H24FN3O2. The van der Waals surface area contributed by atoms with Crippen molar-refractivity contribution < 1.29 is 13.9 Å². The van der Waals surface area contributed by atoms with Gasteiger partial charge in [0.1, 0.15) is 17.3 Å². The number of amides is 1. The van der Waals surface area contributed by atoms with Crippen LogP contribution in [0.4, 0.5) is 10.1 Å². The van der Waals surface area contributed by atoms with Crippen LogP contribution < -0.4 is 15.4 Å². The van der Waals surface area contributed by atoms with Gasteiger partial charge in [-0.25, -0.2) is 9.37 Å². The predicted octanol–water partition coefficient (Wildman–Crippen LogP) is 3.86. The molecule has 1 heterocycles. The van der Waals surface area contributed by atoms with Crippen molar-refractivity contribution in [2.75, 3.05) is 25.5 Å². The van der Waals surface area contributed by atoms with Crippen LogP contribution in [-0.4, -0.2) is 31.1 Å². The van der Waals surface area contributed by atoms with Crippen molar-refractivity contribution in [3.63, 3.8) is 0 Å². The summed E-state index contributed by atoms with van der Waals surface area (Å²) in [4.78, 5) is 16.4. The van der Waals surface area contributed by atoms with Gasteiger partial charge in [-0.05, 0) is 54.3 Å². The normalized spacial score (nSPS) is 10.4. The molecule has 0 bridgehead atoms. The second kappa shape index (κ2) is 10.2. The van der Waals surface area contributed by atoms with Crippen molar-refractivity contribution >= 4 is 11.6 Å². The number of halogens is 1. The fourth-order valence-corrected chi connectivity index (χ4v) is 2.88. The predicted molar refractivity (Wildman–Crippen MR) is 112 cm³/mol. The summed E-state index contributed by atoms with van der Waals surface area (Å²) in [7, 11) is 1.63. The maximum atomic E-state index is 13.6. The molecule has 0 aliphatic rings. The van der Waals surface area contributed by atoms with Crippen molar-refractivity contribution in [3.05, 3.63) is 89.5 Å². The fraction of sp³-hybridized carbons (Fsp3) is 0.217.